The van der Waals surface area contributed by atoms with Crippen molar-refractivity contribution >= 4 is 27.9 Å². The first-order valence-corrected chi connectivity index (χ1v) is 9.71. The number of aromatic nitrogens is 4. The Balaban J connectivity index is 1.57. The molecular formula is C20H19N5OS. The van der Waals surface area contributed by atoms with Gasteiger partial charge in [0, 0.05) is 23.2 Å². The second-order valence-corrected chi connectivity index (χ2v) is 7.11. The number of benzene rings is 2. The number of carbonyl (C=O) groups excluding carboxylic acids is 1. The number of hydrogen-bond acceptors (Lipinski definition) is 5. The van der Waals surface area contributed by atoms with Gasteiger partial charge in [-0.2, -0.15) is 9.61 Å². The number of nitrogens with one attached hydrogen (secondary N) is 1. The number of amides is 1. The van der Waals surface area contributed by atoms with Crippen LogP contribution in [0.3, 0.4) is 0 Å². The highest BCUT2D eigenvalue weighted by molar-refractivity contribution is 7.19. The molecule has 0 aliphatic rings. The van der Waals surface area contributed by atoms with Gasteiger partial charge in [-0.05, 0) is 36.2 Å². The number of hydrogen-bond donors (Lipinski definition) is 1. The molecule has 6 nitrogen and oxygen atoms in total. The standard InChI is InChI=1S/C20H19N5OS/c1-3-13-8-10-14(11-9-13)18(26)21-16-7-5-6-15(12-16)19-24-25-17(4-2)22-23-20(25)27-19/h5-12H,3-4H2,1-2H3,(H,21,26). The van der Waals surface area contributed by atoms with Crippen molar-refractivity contribution in [2.45, 2.75) is 26.7 Å². The van der Waals surface area contributed by atoms with Crippen molar-refractivity contribution in [2.24, 2.45) is 0 Å². The fraction of sp³-hybridized carbons (Fsp3) is 0.200. The van der Waals surface area contributed by atoms with Gasteiger partial charge in [0.25, 0.3) is 5.91 Å². The highest BCUT2D eigenvalue weighted by Crippen LogP contribution is 2.27. The predicted molar refractivity (Wildman–Crippen MR) is 107 cm³/mol. The van der Waals surface area contributed by atoms with Gasteiger partial charge in [-0.3, -0.25) is 4.79 Å². The fourth-order valence-electron chi connectivity index (χ4n) is 2.82. The lowest BCUT2D eigenvalue weighted by molar-refractivity contribution is 0.102. The van der Waals surface area contributed by atoms with Crippen LogP contribution in [0.2, 0.25) is 0 Å². The largest absolute Gasteiger partial charge is 0.322 e. The summed E-state index contributed by atoms with van der Waals surface area (Å²) in [6, 6.07) is 15.4. The Hall–Kier alpha value is -3.06. The zero-order valence-electron chi connectivity index (χ0n) is 15.1. The Morgan fingerprint density at radius 1 is 1.07 bits per heavy atom. The molecule has 4 rings (SSSR count). The van der Waals surface area contributed by atoms with Crippen molar-refractivity contribution in [3.8, 4) is 10.6 Å². The second-order valence-electron chi connectivity index (χ2n) is 6.16. The molecule has 0 aliphatic carbocycles. The van der Waals surface area contributed by atoms with Crippen LogP contribution in [-0.2, 0) is 12.8 Å². The molecule has 0 saturated carbocycles. The van der Waals surface area contributed by atoms with Crippen molar-refractivity contribution in [2.75, 3.05) is 5.32 Å². The zero-order chi connectivity index (χ0) is 18.8. The summed E-state index contributed by atoms with van der Waals surface area (Å²) in [4.78, 5) is 13.3. The van der Waals surface area contributed by atoms with Gasteiger partial charge in [0.05, 0.1) is 0 Å². The Kier molecular flexibility index (Phi) is 4.68. The van der Waals surface area contributed by atoms with E-state index in [1.807, 2.05) is 55.5 Å². The highest BCUT2D eigenvalue weighted by atomic mass is 32.1. The first-order chi connectivity index (χ1) is 13.2. The molecule has 0 bridgehead atoms. The topological polar surface area (TPSA) is 72.2 Å². The fourth-order valence-corrected chi connectivity index (χ4v) is 3.67. The Bertz CT molecular complexity index is 1100. The summed E-state index contributed by atoms with van der Waals surface area (Å²) in [7, 11) is 0. The van der Waals surface area contributed by atoms with E-state index in [4.69, 9.17) is 0 Å². The first-order valence-electron chi connectivity index (χ1n) is 8.89. The van der Waals surface area contributed by atoms with Crippen molar-refractivity contribution in [3.05, 3.63) is 65.5 Å². The summed E-state index contributed by atoms with van der Waals surface area (Å²) in [5, 5.41) is 16.7. The van der Waals surface area contributed by atoms with Crippen molar-refractivity contribution in [3.63, 3.8) is 0 Å². The monoisotopic (exact) mass is 377 g/mol. The maximum atomic E-state index is 12.5. The summed E-state index contributed by atoms with van der Waals surface area (Å²) in [5.74, 6) is 0.716. The molecule has 0 unspecified atom stereocenters. The van der Waals surface area contributed by atoms with E-state index in [2.05, 4.69) is 27.5 Å². The van der Waals surface area contributed by atoms with E-state index in [0.717, 1.165) is 39.9 Å². The van der Waals surface area contributed by atoms with Gasteiger partial charge in [-0.25, -0.2) is 0 Å². The van der Waals surface area contributed by atoms with Crippen LogP contribution in [0.5, 0.6) is 0 Å². The molecule has 0 aliphatic heterocycles. The number of anilines is 1. The summed E-state index contributed by atoms with van der Waals surface area (Å²) < 4.78 is 1.78. The minimum atomic E-state index is -0.124. The molecule has 1 amide bonds. The van der Waals surface area contributed by atoms with Crippen LogP contribution in [0.25, 0.3) is 15.5 Å². The van der Waals surface area contributed by atoms with E-state index in [9.17, 15) is 4.79 Å². The van der Waals surface area contributed by atoms with E-state index in [0.29, 0.717) is 5.56 Å². The average Bonchev–Trinajstić information content (AvgIpc) is 3.29. The number of fused-ring (bicyclic) bond motifs is 1. The molecular weight excluding hydrogens is 358 g/mol. The summed E-state index contributed by atoms with van der Waals surface area (Å²) >= 11 is 1.48. The molecule has 0 spiro atoms. The first kappa shape index (κ1) is 17.4. The Morgan fingerprint density at radius 2 is 1.89 bits per heavy atom. The quantitative estimate of drug-likeness (QED) is 0.565. The molecule has 0 radical (unpaired) electrons. The zero-order valence-corrected chi connectivity index (χ0v) is 16.0. The van der Waals surface area contributed by atoms with Crippen LogP contribution in [0.4, 0.5) is 5.69 Å². The molecule has 0 fully saturated rings. The van der Waals surface area contributed by atoms with Crippen LogP contribution >= 0.6 is 11.3 Å². The molecule has 4 aromatic rings. The van der Waals surface area contributed by atoms with Crippen molar-refractivity contribution < 1.29 is 4.79 Å². The van der Waals surface area contributed by atoms with Crippen molar-refractivity contribution in [1.29, 1.82) is 0 Å². The molecule has 27 heavy (non-hydrogen) atoms. The normalized spacial score (nSPS) is 11.0. The minimum Gasteiger partial charge on any atom is -0.322 e. The van der Waals surface area contributed by atoms with Crippen LogP contribution < -0.4 is 5.32 Å². The predicted octanol–water partition coefficient (Wildman–Crippen LogP) is 4.23. The smallest absolute Gasteiger partial charge is 0.255 e. The maximum absolute atomic E-state index is 12.5. The van der Waals surface area contributed by atoms with Gasteiger partial charge in [-0.15, -0.1) is 10.2 Å². The lowest BCUT2D eigenvalue weighted by atomic mass is 10.1. The van der Waals surface area contributed by atoms with Gasteiger partial charge >= 0.3 is 0 Å². The van der Waals surface area contributed by atoms with Gasteiger partial charge in [0.2, 0.25) is 4.96 Å². The van der Waals surface area contributed by atoms with E-state index in [1.165, 1.54) is 16.9 Å². The van der Waals surface area contributed by atoms with Crippen LogP contribution in [0.1, 0.15) is 35.6 Å². The van der Waals surface area contributed by atoms with E-state index in [-0.39, 0.29) is 5.91 Å². The number of nitrogens with zero attached hydrogens (tertiary/aromatic N) is 4. The summed E-state index contributed by atoms with van der Waals surface area (Å²) in [5.41, 5.74) is 3.53. The summed E-state index contributed by atoms with van der Waals surface area (Å²) in [6.45, 7) is 4.12. The Morgan fingerprint density at radius 3 is 2.63 bits per heavy atom. The molecule has 1 N–H and O–H groups in total. The third kappa shape index (κ3) is 3.46. The molecule has 2 aromatic heterocycles. The molecule has 0 saturated heterocycles. The maximum Gasteiger partial charge on any atom is 0.255 e. The van der Waals surface area contributed by atoms with E-state index in [1.54, 1.807) is 4.52 Å². The third-order valence-electron chi connectivity index (χ3n) is 4.36. The summed E-state index contributed by atoms with van der Waals surface area (Å²) in [6.07, 6.45) is 1.73. The van der Waals surface area contributed by atoms with Gasteiger partial charge < -0.3 is 5.32 Å². The van der Waals surface area contributed by atoms with Crippen LogP contribution in [0.15, 0.2) is 48.5 Å². The highest BCUT2D eigenvalue weighted by Gasteiger charge is 2.13. The number of rotatable bonds is 5. The lowest BCUT2D eigenvalue weighted by Gasteiger charge is -2.07. The van der Waals surface area contributed by atoms with Gasteiger partial charge in [-0.1, -0.05) is 49.4 Å². The van der Waals surface area contributed by atoms with Gasteiger partial charge in [0.15, 0.2) is 5.82 Å². The molecule has 2 heterocycles. The van der Waals surface area contributed by atoms with Crippen LogP contribution in [0, 0.1) is 0 Å². The molecule has 2 aromatic carbocycles. The van der Waals surface area contributed by atoms with Crippen molar-refractivity contribution in [1.82, 2.24) is 19.8 Å². The SMILES string of the molecule is CCc1ccc(C(=O)Nc2cccc(-c3nn4c(CC)nnc4s3)c2)cc1. The van der Waals surface area contributed by atoms with E-state index < -0.39 is 0 Å². The van der Waals surface area contributed by atoms with E-state index >= 15 is 0 Å². The van der Waals surface area contributed by atoms with Gasteiger partial charge in [0.1, 0.15) is 5.01 Å². The molecule has 0 atom stereocenters. The second kappa shape index (κ2) is 7.28. The molecule has 7 heteroatoms. The number of aryl methyl sites for hydroxylation is 2. The average molecular weight is 377 g/mol. The minimum absolute atomic E-state index is 0.124. The molecule has 136 valence electrons. The lowest BCUT2D eigenvalue weighted by Crippen LogP contribution is -2.11. The third-order valence-corrected chi connectivity index (χ3v) is 5.31. The Labute approximate surface area is 160 Å². The van der Waals surface area contributed by atoms with Crippen LogP contribution in [-0.4, -0.2) is 25.7 Å². The number of carbonyl (C=O) groups is 1.